The van der Waals surface area contributed by atoms with E-state index in [4.69, 9.17) is 4.74 Å². The van der Waals surface area contributed by atoms with E-state index in [0.717, 1.165) is 18.2 Å². The van der Waals surface area contributed by atoms with Crippen LogP contribution in [0, 0.1) is 17.0 Å². The molecule has 1 fully saturated rings. The Hall–Kier alpha value is -0.650. The van der Waals surface area contributed by atoms with Crippen LogP contribution in [-0.2, 0) is 4.74 Å². The number of hydrogen-bond donors (Lipinski definition) is 1. The van der Waals surface area contributed by atoms with Crippen LogP contribution in [-0.4, -0.2) is 30.7 Å². The summed E-state index contributed by atoms with van der Waals surface area (Å²) in [4.78, 5) is 0. The molecule has 0 amide bonds. The molecular weight excluding hydrogens is 270 g/mol. The topological polar surface area (TPSA) is 29.5 Å². The van der Waals surface area contributed by atoms with Gasteiger partial charge in [0.1, 0.15) is 11.6 Å². The van der Waals surface area contributed by atoms with E-state index in [-0.39, 0.29) is 17.3 Å². The van der Waals surface area contributed by atoms with Gasteiger partial charge in [-0.05, 0) is 12.5 Å². The Balaban J connectivity index is 2.03. The van der Waals surface area contributed by atoms with E-state index in [0.29, 0.717) is 18.8 Å². The first kappa shape index (κ1) is 14.8. The van der Waals surface area contributed by atoms with E-state index < -0.39 is 11.6 Å². The van der Waals surface area contributed by atoms with Gasteiger partial charge in [-0.25, -0.2) is 8.78 Å². The molecule has 1 aromatic carbocycles. The van der Waals surface area contributed by atoms with Crippen LogP contribution < -0.4 is 0 Å². The minimum absolute atomic E-state index is 0.0235. The summed E-state index contributed by atoms with van der Waals surface area (Å²) in [6.45, 7) is 3.17. The summed E-state index contributed by atoms with van der Waals surface area (Å²) in [5.74, 6) is -0.332. The molecule has 1 atom stereocenters. The second-order valence-corrected chi connectivity index (χ2v) is 6.22. The summed E-state index contributed by atoms with van der Waals surface area (Å²) in [7, 11) is 0. The molecule has 0 aliphatic carbocycles. The number of ether oxygens (including phenoxy) is 1. The van der Waals surface area contributed by atoms with Crippen molar-refractivity contribution in [3.8, 4) is 0 Å². The molecule has 0 aromatic heterocycles. The molecule has 106 valence electrons. The van der Waals surface area contributed by atoms with E-state index in [1.807, 2.05) is 6.92 Å². The molecule has 1 aliphatic rings. The molecule has 0 saturated carbocycles. The van der Waals surface area contributed by atoms with Gasteiger partial charge in [0.05, 0.1) is 19.8 Å². The molecule has 1 N–H and O–H groups in total. The molecule has 0 bridgehead atoms. The molecule has 19 heavy (non-hydrogen) atoms. The predicted molar refractivity (Wildman–Crippen MR) is 72.2 cm³/mol. The van der Waals surface area contributed by atoms with Crippen LogP contribution >= 0.6 is 11.8 Å². The summed E-state index contributed by atoms with van der Waals surface area (Å²) in [5, 5.41) is 9.34. The van der Waals surface area contributed by atoms with Crippen LogP contribution in [0.3, 0.4) is 0 Å². The van der Waals surface area contributed by atoms with Crippen molar-refractivity contribution in [3.05, 3.63) is 35.4 Å². The number of aliphatic hydroxyl groups is 1. The van der Waals surface area contributed by atoms with Crippen molar-refractivity contribution in [3.63, 3.8) is 0 Å². The van der Waals surface area contributed by atoms with Crippen molar-refractivity contribution < 1.29 is 18.6 Å². The fourth-order valence-electron chi connectivity index (χ4n) is 2.08. The van der Waals surface area contributed by atoms with Crippen molar-refractivity contribution in [2.75, 3.05) is 25.6 Å². The Kier molecular flexibility index (Phi) is 4.81. The number of aliphatic hydroxyl groups excluding tert-OH is 1. The minimum atomic E-state index is -0.555. The monoisotopic (exact) mass is 288 g/mol. The summed E-state index contributed by atoms with van der Waals surface area (Å²) >= 11 is 1.60. The van der Waals surface area contributed by atoms with Gasteiger partial charge in [0.15, 0.2) is 0 Å². The molecule has 1 unspecified atom stereocenters. The van der Waals surface area contributed by atoms with Crippen LogP contribution in [0.15, 0.2) is 18.2 Å². The second-order valence-electron chi connectivity index (χ2n) is 5.02. The third kappa shape index (κ3) is 3.27. The molecule has 1 aromatic rings. The van der Waals surface area contributed by atoms with Crippen molar-refractivity contribution in [2.24, 2.45) is 5.41 Å². The van der Waals surface area contributed by atoms with Crippen molar-refractivity contribution >= 4 is 11.8 Å². The van der Waals surface area contributed by atoms with Gasteiger partial charge < -0.3 is 9.84 Å². The zero-order valence-electron chi connectivity index (χ0n) is 10.9. The summed E-state index contributed by atoms with van der Waals surface area (Å²) in [6, 6.07) is 3.72. The molecule has 0 spiro atoms. The summed E-state index contributed by atoms with van der Waals surface area (Å²) in [6.07, 6.45) is 0.760. The molecule has 1 heterocycles. The van der Waals surface area contributed by atoms with Crippen LogP contribution in [0.4, 0.5) is 8.78 Å². The quantitative estimate of drug-likeness (QED) is 0.872. The lowest BCUT2D eigenvalue weighted by Gasteiger charge is -2.40. The lowest BCUT2D eigenvalue weighted by atomic mass is 9.90. The number of hydrogen-bond acceptors (Lipinski definition) is 3. The van der Waals surface area contributed by atoms with E-state index >= 15 is 0 Å². The third-order valence-corrected chi connectivity index (χ3v) is 5.19. The largest absolute Gasteiger partial charge is 0.396 e. The van der Waals surface area contributed by atoms with Crippen molar-refractivity contribution in [1.29, 1.82) is 0 Å². The average molecular weight is 288 g/mol. The van der Waals surface area contributed by atoms with Gasteiger partial charge in [0.2, 0.25) is 0 Å². The molecule has 0 radical (unpaired) electrons. The lowest BCUT2D eigenvalue weighted by Crippen LogP contribution is -2.47. The van der Waals surface area contributed by atoms with Crippen molar-refractivity contribution in [2.45, 2.75) is 18.6 Å². The third-order valence-electron chi connectivity index (χ3n) is 3.42. The Labute approximate surface area is 116 Å². The summed E-state index contributed by atoms with van der Waals surface area (Å²) in [5.41, 5.74) is 0.344. The highest BCUT2D eigenvalue weighted by Gasteiger charge is 2.38. The lowest BCUT2D eigenvalue weighted by molar-refractivity contribution is -0.121. The highest BCUT2D eigenvalue weighted by Crippen LogP contribution is 2.40. The van der Waals surface area contributed by atoms with Crippen LogP contribution in [0.2, 0.25) is 0 Å². The molecule has 1 aliphatic heterocycles. The van der Waals surface area contributed by atoms with Crippen LogP contribution in [0.5, 0.6) is 0 Å². The van der Waals surface area contributed by atoms with E-state index in [9.17, 15) is 13.9 Å². The number of halogens is 2. The zero-order chi connectivity index (χ0) is 13.9. The van der Waals surface area contributed by atoms with Crippen LogP contribution in [0.1, 0.15) is 24.2 Å². The average Bonchev–Trinajstić information content (AvgIpc) is 2.34. The van der Waals surface area contributed by atoms with Gasteiger partial charge in [-0.15, -0.1) is 0 Å². The summed E-state index contributed by atoms with van der Waals surface area (Å²) < 4.78 is 31.8. The molecular formula is C14H18F2O2S. The fourth-order valence-corrected chi connectivity index (χ4v) is 3.50. The predicted octanol–water partition coefficient (Wildman–Crippen LogP) is 3.16. The maximum Gasteiger partial charge on any atom is 0.130 e. The van der Waals surface area contributed by atoms with Crippen molar-refractivity contribution in [1.82, 2.24) is 0 Å². The van der Waals surface area contributed by atoms with Gasteiger partial charge in [-0.2, -0.15) is 11.8 Å². The Morgan fingerprint density at radius 3 is 2.63 bits per heavy atom. The highest BCUT2D eigenvalue weighted by atomic mass is 32.2. The van der Waals surface area contributed by atoms with E-state index in [1.165, 1.54) is 12.1 Å². The standard InChI is InChI=1S/C14H18F2O2S/c1-2-13(11-4-3-10(15)5-12(11)16)19-9-14(6-17)7-18-8-14/h3-5,13,17H,2,6-9H2,1H3. The molecule has 5 heteroatoms. The first-order valence-corrected chi connectivity index (χ1v) is 7.40. The fraction of sp³-hybridized carbons (Fsp3) is 0.571. The van der Waals surface area contributed by atoms with Gasteiger partial charge >= 0.3 is 0 Å². The molecule has 2 rings (SSSR count). The van der Waals surface area contributed by atoms with E-state index in [1.54, 1.807) is 11.8 Å². The Bertz CT molecular complexity index is 430. The Morgan fingerprint density at radius 1 is 1.42 bits per heavy atom. The first-order valence-electron chi connectivity index (χ1n) is 6.35. The zero-order valence-corrected chi connectivity index (χ0v) is 11.7. The maximum absolute atomic E-state index is 13.8. The highest BCUT2D eigenvalue weighted by molar-refractivity contribution is 7.99. The number of benzene rings is 1. The minimum Gasteiger partial charge on any atom is -0.396 e. The smallest absolute Gasteiger partial charge is 0.130 e. The van der Waals surface area contributed by atoms with E-state index in [2.05, 4.69) is 0 Å². The second kappa shape index (κ2) is 6.20. The molecule has 1 saturated heterocycles. The van der Waals surface area contributed by atoms with Gasteiger partial charge in [-0.3, -0.25) is 0 Å². The van der Waals surface area contributed by atoms with Gasteiger partial charge in [0.25, 0.3) is 0 Å². The van der Waals surface area contributed by atoms with Gasteiger partial charge in [0, 0.05) is 28.0 Å². The van der Waals surface area contributed by atoms with Gasteiger partial charge in [-0.1, -0.05) is 13.0 Å². The molecule has 2 nitrogen and oxygen atoms in total. The first-order chi connectivity index (χ1) is 9.10. The number of rotatable bonds is 6. The normalized spacial score (nSPS) is 18.9. The van der Waals surface area contributed by atoms with Crippen LogP contribution in [0.25, 0.3) is 0 Å². The SMILES string of the molecule is CCC(SCC1(CO)COC1)c1ccc(F)cc1F. The number of thioether (sulfide) groups is 1. The maximum atomic E-state index is 13.8. The Morgan fingerprint density at radius 2 is 2.16 bits per heavy atom.